The number of hydrogen-bond donors (Lipinski definition) is 3. The van der Waals surface area contributed by atoms with Crippen LogP contribution < -0.4 is 16.0 Å². The number of anilines is 1. The summed E-state index contributed by atoms with van der Waals surface area (Å²) in [6, 6.07) is 4.70. The van der Waals surface area contributed by atoms with Crippen LogP contribution in [0.2, 0.25) is 0 Å². The van der Waals surface area contributed by atoms with E-state index >= 15 is 0 Å². The molecule has 148 valence electrons. The number of carbonyl (C=O) groups is 3. The van der Waals surface area contributed by atoms with Crippen LogP contribution >= 0.6 is 0 Å². The molecule has 0 spiro atoms. The molecule has 2 rings (SSSR count). The minimum absolute atomic E-state index is 0.0541. The molecule has 1 aromatic carbocycles. The van der Waals surface area contributed by atoms with Crippen LogP contribution in [0.15, 0.2) is 24.3 Å². The molecule has 1 aromatic rings. The van der Waals surface area contributed by atoms with Gasteiger partial charge in [-0.25, -0.2) is 13.2 Å². The lowest BCUT2D eigenvalue weighted by Gasteiger charge is -2.23. The molecule has 3 N–H and O–H groups in total. The van der Waals surface area contributed by atoms with Crippen LogP contribution in [-0.2, 0) is 14.6 Å². The maximum atomic E-state index is 12.6. The molecule has 0 aromatic heterocycles. The lowest BCUT2D eigenvalue weighted by atomic mass is 10.0. The van der Waals surface area contributed by atoms with E-state index in [1.54, 1.807) is 38.1 Å². The van der Waals surface area contributed by atoms with E-state index in [0.717, 1.165) is 0 Å². The van der Waals surface area contributed by atoms with Crippen molar-refractivity contribution >= 4 is 33.2 Å². The number of amides is 3. The van der Waals surface area contributed by atoms with Crippen LogP contribution in [0.4, 0.5) is 10.5 Å². The molecule has 27 heavy (non-hydrogen) atoms. The van der Waals surface area contributed by atoms with E-state index in [9.17, 15) is 22.8 Å². The molecular weight excluding hydrogens is 370 g/mol. The summed E-state index contributed by atoms with van der Waals surface area (Å²) in [6.45, 7) is 5.01. The smallest absolute Gasteiger partial charge is 0.315 e. The third-order valence-electron chi connectivity index (χ3n) is 4.34. The first-order valence-corrected chi connectivity index (χ1v) is 10.6. The van der Waals surface area contributed by atoms with Gasteiger partial charge in [-0.3, -0.25) is 9.59 Å². The Morgan fingerprint density at radius 3 is 2.44 bits per heavy atom. The van der Waals surface area contributed by atoms with Crippen molar-refractivity contribution in [3.8, 4) is 0 Å². The summed E-state index contributed by atoms with van der Waals surface area (Å²) >= 11 is 0. The molecule has 8 nitrogen and oxygen atoms in total. The monoisotopic (exact) mass is 395 g/mol. The zero-order valence-electron chi connectivity index (χ0n) is 15.6. The molecule has 2 atom stereocenters. The highest BCUT2D eigenvalue weighted by molar-refractivity contribution is 7.91. The average Bonchev–Trinajstić information content (AvgIpc) is 2.91. The number of benzene rings is 1. The molecule has 0 saturated carbocycles. The number of nitrogens with one attached hydrogen (secondary N) is 3. The Bertz CT molecular complexity index is 835. The zero-order valence-corrected chi connectivity index (χ0v) is 16.4. The predicted octanol–water partition coefficient (Wildman–Crippen LogP) is 1.34. The number of carbonyl (C=O) groups excluding carboxylic acids is 3. The van der Waals surface area contributed by atoms with Crippen molar-refractivity contribution in [1.29, 1.82) is 0 Å². The van der Waals surface area contributed by atoms with Crippen LogP contribution in [0.25, 0.3) is 0 Å². The van der Waals surface area contributed by atoms with Crippen molar-refractivity contribution in [3.05, 3.63) is 29.8 Å². The lowest BCUT2D eigenvalue weighted by molar-refractivity contribution is -0.118. The number of urea groups is 1. The van der Waals surface area contributed by atoms with E-state index < -0.39 is 33.9 Å². The van der Waals surface area contributed by atoms with Crippen molar-refractivity contribution in [3.63, 3.8) is 0 Å². The second-order valence-corrected chi connectivity index (χ2v) is 9.29. The molecule has 1 unspecified atom stereocenters. The normalized spacial score (nSPS) is 19.3. The Morgan fingerprint density at radius 2 is 1.89 bits per heavy atom. The summed E-state index contributed by atoms with van der Waals surface area (Å²) in [5.74, 6) is -0.760. The van der Waals surface area contributed by atoms with Crippen molar-refractivity contribution in [1.82, 2.24) is 10.6 Å². The highest BCUT2D eigenvalue weighted by Gasteiger charge is 2.30. The largest absolute Gasteiger partial charge is 0.334 e. The van der Waals surface area contributed by atoms with Gasteiger partial charge in [0, 0.05) is 17.3 Å². The predicted molar refractivity (Wildman–Crippen MR) is 102 cm³/mol. The van der Waals surface area contributed by atoms with Gasteiger partial charge >= 0.3 is 6.03 Å². The second kappa shape index (κ2) is 8.51. The van der Waals surface area contributed by atoms with Crippen molar-refractivity contribution in [2.75, 3.05) is 16.8 Å². The fraction of sp³-hybridized carbons (Fsp3) is 0.500. The molecule has 0 radical (unpaired) electrons. The molecule has 1 aliphatic rings. The lowest BCUT2D eigenvalue weighted by Crippen LogP contribution is -2.52. The Hall–Kier alpha value is -2.42. The summed E-state index contributed by atoms with van der Waals surface area (Å²) in [7, 11) is -3.10. The van der Waals surface area contributed by atoms with Crippen molar-refractivity contribution in [2.24, 2.45) is 5.92 Å². The number of sulfone groups is 1. The van der Waals surface area contributed by atoms with Crippen LogP contribution in [0.1, 0.15) is 37.6 Å². The van der Waals surface area contributed by atoms with Gasteiger partial charge < -0.3 is 16.0 Å². The summed E-state index contributed by atoms with van der Waals surface area (Å²) in [5.41, 5.74) is 0.935. The van der Waals surface area contributed by atoms with Crippen LogP contribution in [0.5, 0.6) is 0 Å². The van der Waals surface area contributed by atoms with Gasteiger partial charge in [0.05, 0.1) is 11.5 Å². The molecule has 9 heteroatoms. The summed E-state index contributed by atoms with van der Waals surface area (Å²) in [6.07, 6.45) is 0.367. The van der Waals surface area contributed by atoms with Crippen LogP contribution in [-0.4, -0.2) is 49.7 Å². The van der Waals surface area contributed by atoms with Gasteiger partial charge in [0.1, 0.15) is 6.04 Å². The Morgan fingerprint density at radius 1 is 1.19 bits per heavy atom. The molecule has 1 saturated heterocycles. The molecule has 0 aliphatic carbocycles. The Kier molecular flexibility index (Phi) is 6.59. The third-order valence-corrected chi connectivity index (χ3v) is 6.11. The van der Waals surface area contributed by atoms with E-state index in [0.29, 0.717) is 17.7 Å². The summed E-state index contributed by atoms with van der Waals surface area (Å²) in [4.78, 5) is 36.2. The minimum Gasteiger partial charge on any atom is -0.334 e. The fourth-order valence-corrected chi connectivity index (χ4v) is 4.52. The average molecular weight is 395 g/mol. The van der Waals surface area contributed by atoms with Crippen molar-refractivity contribution in [2.45, 2.75) is 39.3 Å². The number of ketones is 1. The number of hydrogen-bond acceptors (Lipinski definition) is 5. The highest BCUT2D eigenvalue weighted by atomic mass is 32.2. The first kappa shape index (κ1) is 20.9. The maximum absolute atomic E-state index is 12.6. The Labute approximate surface area is 159 Å². The quantitative estimate of drug-likeness (QED) is 0.628. The van der Waals surface area contributed by atoms with E-state index in [1.807, 2.05) is 0 Å². The van der Waals surface area contributed by atoms with Crippen molar-refractivity contribution < 1.29 is 22.8 Å². The highest BCUT2D eigenvalue weighted by Crippen LogP contribution is 2.14. The van der Waals surface area contributed by atoms with Gasteiger partial charge in [-0.2, -0.15) is 0 Å². The third kappa shape index (κ3) is 6.06. The summed E-state index contributed by atoms with van der Waals surface area (Å²) in [5, 5.41) is 7.91. The van der Waals surface area contributed by atoms with E-state index in [4.69, 9.17) is 0 Å². The second-order valence-electron chi connectivity index (χ2n) is 7.07. The molecule has 0 bridgehead atoms. The first-order chi connectivity index (χ1) is 12.6. The summed E-state index contributed by atoms with van der Waals surface area (Å²) < 4.78 is 23.0. The topological polar surface area (TPSA) is 121 Å². The standard InChI is InChI=1S/C18H25N3O5S/c1-11(2)16(21-18(24)20-15-7-8-27(25,26)10-15)17(23)19-14-6-4-5-13(9-14)12(3)22/h4-6,9,11,15-16H,7-8,10H2,1-3H3,(H,19,23)(H2,20,21,24)/t15?,16-/m0/s1. The van der Waals surface area contributed by atoms with Gasteiger partial charge in [0.2, 0.25) is 5.91 Å². The number of rotatable bonds is 6. The first-order valence-electron chi connectivity index (χ1n) is 8.76. The minimum atomic E-state index is -3.10. The van der Waals surface area contributed by atoms with E-state index in [1.165, 1.54) is 6.92 Å². The van der Waals surface area contributed by atoms with E-state index in [-0.39, 0.29) is 23.2 Å². The van der Waals surface area contributed by atoms with E-state index in [2.05, 4.69) is 16.0 Å². The van der Waals surface area contributed by atoms with Gasteiger partial charge in [0.25, 0.3) is 0 Å². The van der Waals surface area contributed by atoms with Gasteiger partial charge in [-0.1, -0.05) is 26.0 Å². The Balaban J connectivity index is 1.99. The molecule has 3 amide bonds. The fourth-order valence-electron chi connectivity index (χ4n) is 2.85. The zero-order chi connectivity index (χ0) is 20.2. The van der Waals surface area contributed by atoms with Crippen LogP contribution in [0.3, 0.4) is 0 Å². The molecular formula is C18H25N3O5S. The van der Waals surface area contributed by atoms with Gasteiger partial charge in [-0.15, -0.1) is 0 Å². The molecule has 1 aliphatic heterocycles. The number of Topliss-reactive ketones (excluding diaryl/α,β-unsaturated/α-hetero) is 1. The van der Waals surface area contributed by atoms with Gasteiger partial charge in [0.15, 0.2) is 15.6 Å². The molecule has 1 heterocycles. The SMILES string of the molecule is CC(=O)c1cccc(NC(=O)[C@@H](NC(=O)NC2CCS(=O)(=O)C2)C(C)C)c1. The molecule has 1 fully saturated rings. The van der Waals surface area contributed by atoms with Gasteiger partial charge in [-0.05, 0) is 31.4 Å². The maximum Gasteiger partial charge on any atom is 0.315 e. The van der Waals surface area contributed by atoms with Crippen LogP contribution in [0, 0.1) is 5.92 Å².